The molecule has 2 N–H and O–H groups in total. The van der Waals surface area contributed by atoms with Crippen molar-refractivity contribution in [3.8, 4) is 11.1 Å². The number of halogens is 2. The second-order valence-corrected chi connectivity index (χ2v) is 9.06. The van der Waals surface area contributed by atoms with Crippen molar-refractivity contribution >= 4 is 17.8 Å². The zero-order valence-electron chi connectivity index (χ0n) is 21.5. The van der Waals surface area contributed by atoms with Crippen molar-refractivity contribution in [3.05, 3.63) is 125 Å². The van der Waals surface area contributed by atoms with Crippen molar-refractivity contribution in [2.45, 2.75) is 19.4 Å². The molecule has 0 bridgehead atoms. The fraction of sp³-hybridized carbons (Fsp3) is 0.161. The van der Waals surface area contributed by atoms with Crippen LogP contribution < -0.4 is 5.32 Å². The molecule has 1 aromatic heterocycles. The lowest BCUT2D eigenvalue weighted by Crippen LogP contribution is -2.35. The van der Waals surface area contributed by atoms with E-state index in [2.05, 4.69) is 10.3 Å². The predicted octanol–water partition coefficient (Wildman–Crippen LogP) is 5.12. The Morgan fingerprint density at radius 1 is 0.800 bits per heavy atom. The first-order chi connectivity index (χ1) is 19.3. The zero-order valence-corrected chi connectivity index (χ0v) is 21.5. The minimum Gasteiger partial charge on any atom is -0.481 e. The highest BCUT2D eigenvalue weighted by atomic mass is 19.1. The van der Waals surface area contributed by atoms with Crippen molar-refractivity contribution in [1.29, 1.82) is 0 Å². The van der Waals surface area contributed by atoms with Gasteiger partial charge in [0.15, 0.2) is 0 Å². The Kier molecular flexibility index (Phi) is 9.30. The van der Waals surface area contributed by atoms with Gasteiger partial charge in [0.1, 0.15) is 11.6 Å². The number of amides is 2. The maximum atomic E-state index is 13.8. The molecule has 40 heavy (non-hydrogen) atoms. The molecule has 0 radical (unpaired) electrons. The van der Waals surface area contributed by atoms with Gasteiger partial charge in [0.05, 0.1) is 6.42 Å². The van der Waals surface area contributed by atoms with Crippen LogP contribution >= 0.6 is 0 Å². The average molecular weight is 544 g/mol. The molecular weight excluding hydrogens is 516 g/mol. The number of benzene rings is 3. The van der Waals surface area contributed by atoms with Crippen LogP contribution in [0, 0.1) is 11.6 Å². The quantitative estimate of drug-likeness (QED) is 0.274. The molecule has 0 aliphatic carbocycles. The lowest BCUT2D eigenvalue weighted by atomic mass is 9.94. The van der Waals surface area contributed by atoms with Gasteiger partial charge in [-0.15, -0.1) is 0 Å². The van der Waals surface area contributed by atoms with E-state index in [1.54, 1.807) is 60.8 Å². The molecule has 4 rings (SSSR count). The predicted molar refractivity (Wildman–Crippen MR) is 146 cm³/mol. The van der Waals surface area contributed by atoms with Crippen molar-refractivity contribution in [2.24, 2.45) is 0 Å². The number of aliphatic carboxylic acids is 1. The van der Waals surface area contributed by atoms with Crippen LogP contribution in [-0.2, 0) is 17.8 Å². The molecule has 3 aromatic carbocycles. The first-order valence-corrected chi connectivity index (χ1v) is 12.6. The number of nitrogens with zero attached hydrogens (tertiary/aromatic N) is 2. The third-order valence-corrected chi connectivity index (χ3v) is 6.24. The van der Waals surface area contributed by atoms with Crippen LogP contribution in [0.3, 0.4) is 0 Å². The first kappa shape index (κ1) is 28.1. The molecule has 0 spiro atoms. The number of aromatic nitrogens is 1. The lowest BCUT2D eigenvalue weighted by Gasteiger charge is -2.24. The van der Waals surface area contributed by atoms with Crippen LogP contribution in [0.4, 0.5) is 8.78 Å². The molecule has 1 heterocycles. The largest absolute Gasteiger partial charge is 0.481 e. The molecule has 0 saturated carbocycles. The van der Waals surface area contributed by atoms with Crippen molar-refractivity contribution < 1.29 is 28.3 Å². The highest BCUT2D eigenvalue weighted by Gasteiger charge is 2.22. The summed E-state index contributed by atoms with van der Waals surface area (Å²) in [4.78, 5) is 44.0. The molecular formula is C31H27F2N3O4. The van der Waals surface area contributed by atoms with E-state index in [-0.39, 0.29) is 43.1 Å². The number of nitrogens with one attached hydrogen (secondary N) is 1. The third kappa shape index (κ3) is 7.35. The van der Waals surface area contributed by atoms with Gasteiger partial charge in [0.25, 0.3) is 11.8 Å². The van der Waals surface area contributed by atoms with Crippen molar-refractivity contribution in [3.63, 3.8) is 0 Å². The number of rotatable bonds is 11. The summed E-state index contributed by atoms with van der Waals surface area (Å²) >= 11 is 0. The number of pyridine rings is 1. The molecule has 2 amide bonds. The van der Waals surface area contributed by atoms with Gasteiger partial charge in [-0.05, 0) is 53.1 Å². The fourth-order valence-corrected chi connectivity index (χ4v) is 4.32. The van der Waals surface area contributed by atoms with Crippen molar-refractivity contribution in [2.75, 3.05) is 13.1 Å². The smallest absolute Gasteiger partial charge is 0.305 e. The summed E-state index contributed by atoms with van der Waals surface area (Å²) in [5, 5.41) is 11.9. The van der Waals surface area contributed by atoms with Crippen LogP contribution in [0.1, 0.15) is 38.4 Å². The highest BCUT2D eigenvalue weighted by Crippen LogP contribution is 2.28. The van der Waals surface area contributed by atoms with Crippen LogP contribution in [0.25, 0.3) is 11.1 Å². The molecule has 9 heteroatoms. The standard InChI is InChI=1S/C31H27F2N3O4/c32-22-17-21(18-23(33)19-22)20-35-30(39)27-10-3-1-8-25(27)26-9-2-4-11-28(26)31(40)36(16-13-29(37)38)15-12-24-7-5-6-14-34-24/h1-11,14,17-19H,12-13,15-16,20H2,(H,35,39)(H,37,38). The van der Waals surface area contributed by atoms with E-state index in [1.807, 2.05) is 12.1 Å². The summed E-state index contributed by atoms with van der Waals surface area (Å²) in [6.07, 6.45) is 1.87. The van der Waals surface area contributed by atoms with Gasteiger partial charge in [0.2, 0.25) is 0 Å². The molecule has 204 valence electrons. The van der Waals surface area contributed by atoms with Gasteiger partial charge in [-0.1, -0.05) is 42.5 Å². The van der Waals surface area contributed by atoms with Gasteiger partial charge < -0.3 is 15.3 Å². The highest BCUT2D eigenvalue weighted by molar-refractivity contribution is 6.06. The normalized spacial score (nSPS) is 10.7. The van der Waals surface area contributed by atoms with E-state index in [0.29, 0.717) is 23.1 Å². The Bertz CT molecular complexity index is 1490. The number of carbonyl (C=O) groups excluding carboxylic acids is 2. The third-order valence-electron chi connectivity index (χ3n) is 6.24. The summed E-state index contributed by atoms with van der Waals surface area (Å²) in [5.41, 5.74) is 2.59. The topological polar surface area (TPSA) is 99.6 Å². The summed E-state index contributed by atoms with van der Waals surface area (Å²) in [6, 6.07) is 22.0. The second-order valence-electron chi connectivity index (χ2n) is 9.06. The molecule has 4 aromatic rings. The monoisotopic (exact) mass is 543 g/mol. The fourth-order valence-electron chi connectivity index (χ4n) is 4.32. The van der Waals surface area contributed by atoms with E-state index >= 15 is 0 Å². The van der Waals surface area contributed by atoms with E-state index in [0.717, 1.165) is 23.9 Å². The molecule has 0 aliphatic heterocycles. The van der Waals surface area contributed by atoms with Crippen LogP contribution in [0.5, 0.6) is 0 Å². The van der Waals surface area contributed by atoms with Crippen LogP contribution in [-0.4, -0.2) is 45.9 Å². The SMILES string of the molecule is O=C(O)CCN(CCc1ccccn1)C(=O)c1ccccc1-c1ccccc1C(=O)NCc1cc(F)cc(F)c1. The minimum atomic E-state index is -1.02. The summed E-state index contributed by atoms with van der Waals surface area (Å²) in [6.45, 7) is 0.157. The van der Waals surface area contributed by atoms with E-state index in [1.165, 1.54) is 4.90 Å². The lowest BCUT2D eigenvalue weighted by molar-refractivity contribution is -0.137. The van der Waals surface area contributed by atoms with Gasteiger partial charge in [-0.3, -0.25) is 19.4 Å². The second kappa shape index (κ2) is 13.2. The van der Waals surface area contributed by atoms with Gasteiger partial charge in [-0.25, -0.2) is 8.78 Å². The van der Waals surface area contributed by atoms with Gasteiger partial charge in [0, 0.05) is 55.1 Å². The maximum absolute atomic E-state index is 13.8. The van der Waals surface area contributed by atoms with Crippen LogP contribution in [0.2, 0.25) is 0 Å². The Balaban J connectivity index is 1.60. The maximum Gasteiger partial charge on any atom is 0.305 e. The average Bonchev–Trinajstić information content (AvgIpc) is 2.95. The number of carboxylic acids is 1. The Labute approximate surface area is 230 Å². The van der Waals surface area contributed by atoms with E-state index in [4.69, 9.17) is 0 Å². The summed E-state index contributed by atoms with van der Waals surface area (Å²) < 4.78 is 27.1. The number of hydrogen-bond acceptors (Lipinski definition) is 4. The van der Waals surface area contributed by atoms with Gasteiger partial charge in [-0.2, -0.15) is 0 Å². The summed E-state index contributed by atoms with van der Waals surface area (Å²) in [7, 11) is 0. The molecule has 0 unspecified atom stereocenters. The number of carboxylic acid groups (broad SMARTS) is 1. The molecule has 0 aliphatic rings. The minimum absolute atomic E-state index is 0.00165. The van der Waals surface area contributed by atoms with Crippen molar-refractivity contribution in [1.82, 2.24) is 15.2 Å². The molecule has 0 fully saturated rings. The molecule has 0 saturated heterocycles. The zero-order chi connectivity index (χ0) is 28.5. The van der Waals surface area contributed by atoms with E-state index in [9.17, 15) is 28.3 Å². The molecule has 7 nitrogen and oxygen atoms in total. The first-order valence-electron chi connectivity index (χ1n) is 12.6. The van der Waals surface area contributed by atoms with Crippen LogP contribution in [0.15, 0.2) is 91.1 Å². The Hall–Kier alpha value is -4.92. The summed E-state index contributed by atoms with van der Waals surface area (Å²) in [5.74, 6) is -3.37. The van der Waals surface area contributed by atoms with Gasteiger partial charge >= 0.3 is 5.97 Å². The Morgan fingerprint density at radius 2 is 1.43 bits per heavy atom. The number of hydrogen-bond donors (Lipinski definition) is 2. The van der Waals surface area contributed by atoms with E-state index < -0.39 is 23.5 Å². The Morgan fingerprint density at radius 3 is 2.08 bits per heavy atom. The number of carbonyl (C=O) groups is 3. The molecule has 0 atom stereocenters.